The van der Waals surface area contributed by atoms with E-state index in [2.05, 4.69) is 5.32 Å². The molecule has 0 heterocycles. The van der Waals surface area contributed by atoms with E-state index in [1.54, 1.807) is 12.1 Å². The maximum atomic E-state index is 12.0. The zero-order valence-corrected chi connectivity index (χ0v) is 11.3. The van der Waals surface area contributed by atoms with Gasteiger partial charge in [-0.25, -0.2) is 0 Å². The van der Waals surface area contributed by atoms with E-state index < -0.39 is 11.9 Å². The number of benzene rings is 1. The summed E-state index contributed by atoms with van der Waals surface area (Å²) in [6.45, 7) is 7.55. The Bertz CT molecular complexity index is 447. The number of primary amides is 1. The minimum atomic E-state index is -0.640. The van der Waals surface area contributed by atoms with E-state index in [4.69, 9.17) is 5.73 Å². The molecule has 0 aliphatic carbocycles. The Hall–Kier alpha value is -1.84. The molecular formula is C14H20N2O2. The van der Waals surface area contributed by atoms with E-state index in [9.17, 15) is 9.59 Å². The van der Waals surface area contributed by atoms with Gasteiger partial charge in [-0.1, -0.05) is 31.0 Å². The predicted molar refractivity (Wildman–Crippen MR) is 71.2 cm³/mol. The van der Waals surface area contributed by atoms with E-state index in [0.717, 1.165) is 11.1 Å². The van der Waals surface area contributed by atoms with Crippen molar-refractivity contribution in [1.29, 1.82) is 0 Å². The summed E-state index contributed by atoms with van der Waals surface area (Å²) in [4.78, 5) is 23.3. The average molecular weight is 248 g/mol. The molecule has 1 aromatic rings. The van der Waals surface area contributed by atoms with Crippen LogP contribution in [0.25, 0.3) is 0 Å². The molecule has 0 bridgehead atoms. The van der Waals surface area contributed by atoms with Crippen LogP contribution in [0.15, 0.2) is 18.2 Å². The highest BCUT2D eigenvalue weighted by Gasteiger charge is 2.22. The molecular weight excluding hydrogens is 228 g/mol. The van der Waals surface area contributed by atoms with Crippen LogP contribution in [0.1, 0.15) is 35.3 Å². The molecule has 1 aromatic carbocycles. The summed E-state index contributed by atoms with van der Waals surface area (Å²) in [5.41, 5.74) is 7.85. The molecule has 0 radical (unpaired) electrons. The molecule has 4 nitrogen and oxygen atoms in total. The van der Waals surface area contributed by atoms with Gasteiger partial charge in [0.05, 0.1) is 0 Å². The van der Waals surface area contributed by atoms with Crippen LogP contribution in [0.3, 0.4) is 0 Å². The van der Waals surface area contributed by atoms with Crippen molar-refractivity contribution in [2.75, 3.05) is 0 Å². The van der Waals surface area contributed by atoms with Crippen molar-refractivity contribution in [1.82, 2.24) is 5.32 Å². The fourth-order valence-electron chi connectivity index (χ4n) is 1.90. The maximum absolute atomic E-state index is 12.0. The summed E-state index contributed by atoms with van der Waals surface area (Å²) in [5.74, 6) is -0.806. The first-order chi connectivity index (χ1) is 8.31. The van der Waals surface area contributed by atoms with Gasteiger partial charge in [-0.15, -0.1) is 0 Å². The fourth-order valence-corrected chi connectivity index (χ4v) is 1.90. The number of amides is 2. The Kier molecular flexibility index (Phi) is 4.48. The maximum Gasteiger partial charge on any atom is 0.251 e. The number of carbonyl (C=O) groups excluding carboxylic acids is 2. The molecule has 0 saturated heterocycles. The normalized spacial score (nSPS) is 12.3. The summed E-state index contributed by atoms with van der Waals surface area (Å²) in [6.07, 6.45) is 0. The second kappa shape index (κ2) is 5.67. The molecule has 0 saturated carbocycles. The predicted octanol–water partition coefficient (Wildman–Crippen LogP) is 1.54. The molecule has 3 N–H and O–H groups in total. The highest BCUT2D eigenvalue weighted by atomic mass is 16.2. The fraction of sp³-hybridized carbons (Fsp3) is 0.429. The molecule has 0 spiro atoms. The van der Waals surface area contributed by atoms with Gasteiger partial charge >= 0.3 is 0 Å². The standard InChI is InChI=1S/C14H20N2O2/c1-8(2)12(13(15)17)16-14(18)11-6-9(3)5-10(4)7-11/h5-8,12H,1-4H3,(H2,15,17)(H,16,18)/t12-/m0/s1. The third kappa shape index (κ3) is 3.58. The Morgan fingerprint density at radius 1 is 1.11 bits per heavy atom. The summed E-state index contributed by atoms with van der Waals surface area (Å²) in [6, 6.07) is 4.94. The number of carbonyl (C=O) groups is 2. The van der Waals surface area contributed by atoms with E-state index in [1.165, 1.54) is 0 Å². The zero-order chi connectivity index (χ0) is 13.9. The number of hydrogen-bond donors (Lipinski definition) is 2. The van der Waals surface area contributed by atoms with Gasteiger partial charge in [0.15, 0.2) is 0 Å². The monoisotopic (exact) mass is 248 g/mol. The molecule has 0 aromatic heterocycles. The highest BCUT2D eigenvalue weighted by molar-refractivity contribution is 5.97. The van der Waals surface area contributed by atoms with Crippen molar-refractivity contribution in [2.24, 2.45) is 11.7 Å². The SMILES string of the molecule is Cc1cc(C)cc(C(=O)N[C@H](C(N)=O)C(C)C)c1. The first-order valence-electron chi connectivity index (χ1n) is 5.99. The third-order valence-corrected chi connectivity index (χ3v) is 2.74. The molecule has 2 amide bonds. The van der Waals surface area contributed by atoms with Crippen molar-refractivity contribution in [3.8, 4) is 0 Å². The van der Waals surface area contributed by atoms with Gasteiger partial charge in [0, 0.05) is 5.56 Å². The van der Waals surface area contributed by atoms with Crippen LogP contribution in [-0.2, 0) is 4.79 Å². The topological polar surface area (TPSA) is 72.2 Å². The van der Waals surface area contributed by atoms with Gasteiger partial charge < -0.3 is 11.1 Å². The van der Waals surface area contributed by atoms with Crippen molar-refractivity contribution in [3.63, 3.8) is 0 Å². The Morgan fingerprint density at radius 2 is 1.61 bits per heavy atom. The van der Waals surface area contributed by atoms with Crippen molar-refractivity contribution < 1.29 is 9.59 Å². The van der Waals surface area contributed by atoms with Gasteiger partial charge in [-0.2, -0.15) is 0 Å². The lowest BCUT2D eigenvalue weighted by atomic mass is 10.0. The average Bonchev–Trinajstić information content (AvgIpc) is 2.23. The van der Waals surface area contributed by atoms with Crippen LogP contribution in [0.4, 0.5) is 0 Å². The van der Waals surface area contributed by atoms with Crippen LogP contribution in [0.2, 0.25) is 0 Å². The number of nitrogens with two attached hydrogens (primary N) is 1. The van der Waals surface area contributed by atoms with E-state index in [0.29, 0.717) is 5.56 Å². The van der Waals surface area contributed by atoms with E-state index in [1.807, 2.05) is 33.8 Å². The third-order valence-electron chi connectivity index (χ3n) is 2.74. The molecule has 0 aliphatic heterocycles. The van der Waals surface area contributed by atoms with Crippen molar-refractivity contribution >= 4 is 11.8 Å². The Morgan fingerprint density at radius 3 is 2.00 bits per heavy atom. The molecule has 0 fully saturated rings. The first-order valence-corrected chi connectivity index (χ1v) is 5.99. The summed E-state index contributed by atoms with van der Waals surface area (Å²) in [5, 5.41) is 2.67. The lowest BCUT2D eigenvalue weighted by Crippen LogP contribution is -2.47. The minimum absolute atomic E-state index is 0.0302. The smallest absolute Gasteiger partial charge is 0.251 e. The van der Waals surface area contributed by atoms with Crippen LogP contribution in [0.5, 0.6) is 0 Å². The summed E-state index contributed by atoms with van der Waals surface area (Å²) < 4.78 is 0. The lowest BCUT2D eigenvalue weighted by molar-refractivity contribution is -0.120. The lowest BCUT2D eigenvalue weighted by Gasteiger charge is -2.19. The number of aryl methyl sites for hydroxylation is 2. The van der Waals surface area contributed by atoms with Crippen LogP contribution in [-0.4, -0.2) is 17.9 Å². The molecule has 4 heteroatoms. The second-order valence-corrected chi connectivity index (χ2v) is 4.97. The Labute approximate surface area is 108 Å². The zero-order valence-electron chi connectivity index (χ0n) is 11.3. The number of nitrogens with one attached hydrogen (secondary N) is 1. The highest BCUT2D eigenvalue weighted by Crippen LogP contribution is 2.10. The molecule has 0 aliphatic rings. The van der Waals surface area contributed by atoms with Crippen LogP contribution in [0, 0.1) is 19.8 Å². The second-order valence-electron chi connectivity index (χ2n) is 4.97. The molecule has 1 atom stereocenters. The quantitative estimate of drug-likeness (QED) is 0.848. The van der Waals surface area contributed by atoms with Crippen LogP contribution < -0.4 is 11.1 Å². The molecule has 1 rings (SSSR count). The first kappa shape index (κ1) is 14.2. The van der Waals surface area contributed by atoms with Crippen molar-refractivity contribution in [3.05, 3.63) is 34.9 Å². The van der Waals surface area contributed by atoms with Gasteiger partial charge in [0.2, 0.25) is 5.91 Å². The number of hydrogen-bond acceptors (Lipinski definition) is 2. The van der Waals surface area contributed by atoms with Crippen LogP contribution >= 0.6 is 0 Å². The summed E-state index contributed by atoms with van der Waals surface area (Å²) in [7, 11) is 0. The Balaban J connectivity index is 2.90. The van der Waals surface area contributed by atoms with Gasteiger partial charge in [-0.3, -0.25) is 9.59 Å². The molecule has 0 unspecified atom stereocenters. The van der Waals surface area contributed by atoms with Crippen molar-refractivity contribution in [2.45, 2.75) is 33.7 Å². The number of rotatable bonds is 4. The van der Waals surface area contributed by atoms with E-state index in [-0.39, 0.29) is 11.8 Å². The van der Waals surface area contributed by atoms with Gasteiger partial charge in [-0.05, 0) is 31.9 Å². The van der Waals surface area contributed by atoms with E-state index >= 15 is 0 Å². The minimum Gasteiger partial charge on any atom is -0.368 e. The van der Waals surface area contributed by atoms with Gasteiger partial charge in [0.1, 0.15) is 6.04 Å². The van der Waals surface area contributed by atoms with Gasteiger partial charge in [0.25, 0.3) is 5.91 Å². The molecule has 98 valence electrons. The molecule has 18 heavy (non-hydrogen) atoms. The largest absolute Gasteiger partial charge is 0.368 e. The summed E-state index contributed by atoms with van der Waals surface area (Å²) >= 11 is 0.